The molecule has 0 N–H and O–H groups in total. The van der Waals surface area contributed by atoms with Crippen LogP contribution in [0.3, 0.4) is 0 Å². The van der Waals surface area contributed by atoms with E-state index in [-0.39, 0.29) is 10.8 Å². The van der Waals surface area contributed by atoms with Crippen LogP contribution in [0.4, 0.5) is 0 Å². The third-order valence-corrected chi connectivity index (χ3v) is 3.46. The lowest BCUT2D eigenvalue weighted by Gasteiger charge is -2.09. The smallest absolute Gasteiger partial charge is 0.320 e. The van der Waals surface area contributed by atoms with Crippen LogP contribution in [0.1, 0.15) is 18.4 Å². The van der Waals surface area contributed by atoms with Crippen molar-refractivity contribution in [3.63, 3.8) is 0 Å². The summed E-state index contributed by atoms with van der Waals surface area (Å²) in [5.41, 5.74) is 1.01. The molecule has 0 aliphatic heterocycles. The largest absolute Gasteiger partial charge is 0.460 e. The van der Waals surface area contributed by atoms with E-state index in [2.05, 4.69) is 31.9 Å². The highest BCUT2D eigenvalue weighted by Gasteiger charge is 2.15. The van der Waals surface area contributed by atoms with Crippen molar-refractivity contribution >= 4 is 37.8 Å². The van der Waals surface area contributed by atoms with Crippen molar-refractivity contribution in [1.29, 1.82) is 0 Å². The number of rotatable bonds is 6. The molecule has 0 fully saturated rings. The molecule has 0 aliphatic rings. The second kappa shape index (κ2) is 7.85. The third kappa shape index (κ3) is 5.12. The fraction of sp³-hybridized carbons (Fsp3) is 0.417. The molecule has 0 heterocycles. The van der Waals surface area contributed by atoms with E-state index in [1.165, 1.54) is 0 Å². The molecular weight excluding hydrogens is 336 g/mol. The summed E-state index contributed by atoms with van der Waals surface area (Å²) in [7, 11) is 0. The van der Waals surface area contributed by atoms with Gasteiger partial charge in [-0.15, -0.1) is 0 Å². The summed E-state index contributed by atoms with van der Waals surface area (Å²) in [6.45, 7) is 0.343. The van der Waals surface area contributed by atoms with Gasteiger partial charge in [-0.05, 0) is 18.4 Å². The number of esters is 1. The fourth-order valence-electron chi connectivity index (χ4n) is 1.19. The van der Waals surface area contributed by atoms with Gasteiger partial charge in [0.2, 0.25) is 0 Å². The zero-order valence-corrected chi connectivity index (χ0v) is 12.0. The van der Waals surface area contributed by atoms with E-state index < -0.39 is 0 Å². The Labute approximate surface area is 113 Å². The molecule has 4 heteroatoms. The second-order valence-electron chi connectivity index (χ2n) is 3.39. The van der Waals surface area contributed by atoms with Gasteiger partial charge < -0.3 is 4.74 Å². The standard InChI is InChI=1S/C12H14Br2O2/c13-8-4-7-11(14)12(15)16-9-10-5-2-1-3-6-10/h1-3,5-6,11H,4,7-9H2. The molecule has 88 valence electrons. The Morgan fingerprint density at radius 1 is 1.31 bits per heavy atom. The zero-order chi connectivity index (χ0) is 11.8. The molecular formula is C12H14Br2O2. The van der Waals surface area contributed by atoms with Crippen molar-refractivity contribution < 1.29 is 9.53 Å². The summed E-state index contributed by atoms with van der Waals surface area (Å²) < 4.78 is 5.19. The first-order valence-electron chi connectivity index (χ1n) is 5.14. The molecule has 1 rings (SSSR count). The van der Waals surface area contributed by atoms with Gasteiger partial charge in [0.1, 0.15) is 11.4 Å². The molecule has 1 unspecified atom stereocenters. The zero-order valence-electron chi connectivity index (χ0n) is 8.86. The molecule has 0 aromatic heterocycles. The highest BCUT2D eigenvalue weighted by molar-refractivity contribution is 9.10. The topological polar surface area (TPSA) is 26.3 Å². The van der Waals surface area contributed by atoms with Gasteiger partial charge in [0.15, 0.2) is 0 Å². The summed E-state index contributed by atoms with van der Waals surface area (Å²) in [6.07, 6.45) is 1.75. The van der Waals surface area contributed by atoms with E-state index >= 15 is 0 Å². The number of halogens is 2. The molecule has 0 radical (unpaired) electrons. The van der Waals surface area contributed by atoms with Crippen LogP contribution < -0.4 is 0 Å². The Bertz CT molecular complexity index is 314. The lowest BCUT2D eigenvalue weighted by atomic mass is 10.2. The lowest BCUT2D eigenvalue weighted by Crippen LogP contribution is -2.17. The highest BCUT2D eigenvalue weighted by atomic mass is 79.9. The molecule has 1 aromatic rings. The number of benzene rings is 1. The minimum absolute atomic E-state index is 0.190. The van der Waals surface area contributed by atoms with Crippen LogP contribution in [0, 0.1) is 0 Å². The van der Waals surface area contributed by atoms with Crippen LogP contribution in [-0.2, 0) is 16.1 Å². The number of alkyl halides is 2. The van der Waals surface area contributed by atoms with Gasteiger partial charge in [-0.25, -0.2) is 0 Å². The summed E-state index contributed by atoms with van der Waals surface area (Å²) in [5, 5.41) is 0.904. The monoisotopic (exact) mass is 348 g/mol. The summed E-state index contributed by atoms with van der Waals surface area (Å²) >= 11 is 6.65. The first-order valence-corrected chi connectivity index (χ1v) is 7.18. The molecule has 0 bridgehead atoms. The molecule has 0 amide bonds. The molecule has 0 aliphatic carbocycles. The molecule has 0 spiro atoms. The Kier molecular flexibility index (Phi) is 6.73. The Morgan fingerprint density at radius 2 is 2.00 bits per heavy atom. The average molecular weight is 350 g/mol. The van der Waals surface area contributed by atoms with Gasteiger partial charge in [0.25, 0.3) is 0 Å². The van der Waals surface area contributed by atoms with Gasteiger partial charge in [-0.1, -0.05) is 62.2 Å². The second-order valence-corrected chi connectivity index (χ2v) is 5.29. The number of hydrogen-bond acceptors (Lipinski definition) is 2. The number of ether oxygens (including phenoxy) is 1. The van der Waals surface area contributed by atoms with Crippen molar-refractivity contribution in [2.24, 2.45) is 0 Å². The molecule has 0 saturated heterocycles. The minimum Gasteiger partial charge on any atom is -0.460 e. The quantitative estimate of drug-likeness (QED) is 0.578. The Morgan fingerprint density at radius 3 is 2.62 bits per heavy atom. The summed E-state index contributed by atoms with van der Waals surface area (Å²) in [5.74, 6) is -0.190. The first kappa shape index (κ1) is 13.7. The molecule has 2 nitrogen and oxygen atoms in total. The van der Waals surface area contributed by atoms with Crippen LogP contribution in [0.15, 0.2) is 30.3 Å². The van der Waals surface area contributed by atoms with E-state index in [0.717, 1.165) is 23.7 Å². The highest BCUT2D eigenvalue weighted by Crippen LogP contribution is 2.12. The first-order chi connectivity index (χ1) is 7.74. The van der Waals surface area contributed by atoms with Gasteiger partial charge in [0, 0.05) is 5.33 Å². The molecule has 1 aromatic carbocycles. The predicted octanol–water partition coefficient (Wildman–Crippen LogP) is 3.67. The van der Waals surface area contributed by atoms with Gasteiger partial charge in [0.05, 0.1) is 0 Å². The van der Waals surface area contributed by atoms with Crippen molar-refractivity contribution in [3.05, 3.63) is 35.9 Å². The van der Waals surface area contributed by atoms with Gasteiger partial charge in [-0.2, -0.15) is 0 Å². The van der Waals surface area contributed by atoms with E-state index in [0.29, 0.717) is 6.61 Å². The van der Waals surface area contributed by atoms with Crippen LogP contribution in [0.2, 0.25) is 0 Å². The van der Waals surface area contributed by atoms with Crippen LogP contribution in [0.25, 0.3) is 0 Å². The Balaban J connectivity index is 2.29. The minimum atomic E-state index is -0.200. The summed E-state index contributed by atoms with van der Waals surface area (Å²) in [6, 6.07) is 9.68. The van der Waals surface area contributed by atoms with E-state index in [4.69, 9.17) is 4.74 Å². The number of carbonyl (C=O) groups excluding carboxylic acids is 1. The lowest BCUT2D eigenvalue weighted by molar-refractivity contribution is -0.144. The van der Waals surface area contributed by atoms with Crippen LogP contribution in [0.5, 0.6) is 0 Å². The maximum Gasteiger partial charge on any atom is 0.320 e. The molecule has 0 saturated carbocycles. The third-order valence-electron chi connectivity index (χ3n) is 2.07. The summed E-state index contributed by atoms with van der Waals surface area (Å²) in [4.78, 5) is 11.3. The van der Waals surface area contributed by atoms with Gasteiger partial charge >= 0.3 is 5.97 Å². The Hall–Kier alpha value is -0.350. The normalized spacial score (nSPS) is 12.1. The SMILES string of the molecule is O=C(OCc1ccccc1)C(Br)CCCBr. The molecule has 1 atom stereocenters. The maximum absolute atomic E-state index is 11.5. The number of hydrogen-bond donors (Lipinski definition) is 0. The van der Waals surface area contributed by atoms with Crippen molar-refractivity contribution in [1.82, 2.24) is 0 Å². The molecule has 16 heavy (non-hydrogen) atoms. The van der Waals surface area contributed by atoms with Crippen LogP contribution in [-0.4, -0.2) is 16.1 Å². The van der Waals surface area contributed by atoms with Crippen molar-refractivity contribution in [2.45, 2.75) is 24.3 Å². The van der Waals surface area contributed by atoms with Crippen molar-refractivity contribution in [3.8, 4) is 0 Å². The van der Waals surface area contributed by atoms with Crippen molar-refractivity contribution in [2.75, 3.05) is 5.33 Å². The van der Waals surface area contributed by atoms with Crippen LogP contribution >= 0.6 is 31.9 Å². The predicted molar refractivity (Wildman–Crippen MR) is 72.0 cm³/mol. The van der Waals surface area contributed by atoms with E-state index in [1.807, 2.05) is 30.3 Å². The fourth-order valence-corrected chi connectivity index (χ4v) is 1.97. The average Bonchev–Trinajstić information content (AvgIpc) is 2.34. The van der Waals surface area contributed by atoms with Gasteiger partial charge in [-0.3, -0.25) is 4.79 Å². The van der Waals surface area contributed by atoms with E-state index in [9.17, 15) is 4.79 Å². The number of carbonyl (C=O) groups is 1. The maximum atomic E-state index is 11.5. The van der Waals surface area contributed by atoms with E-state index in [1.54, 1.807) is 0 Å².